The number of aliphatic hydroxyl groups is 1. The van der Waals surface area contributed by atoms with E-state index in [0.717, 1.165) is 51.7 Å². The Balaban J connectivity index is 1.29. The van der Waals surface area contributed by atoms with Crippen molar-refractivity contribution in [2.24, 2.45) is 0 Å². The number of aliphatic hydroxyl groups excluding tert-OH is 1. The summed E-state index contributed by atoms with van der Waals surface area (Å²) in [6.07, 6.45) is 7.28. The lowest BCUT2D eigenvalue weighted by Crippen LogP contribution is -2.21. The Kier molecular flexibility index (Phi) is 9.02. The molecule has 6 heteroatoms. The molecule has 0 radical (unpaired) electrons. The molecule has 1 N–H and O–H groups in total. The van der Waals surface area contributed by atoms with Gasteiger partial charge in [-0.1, -0.05) is 54.6 Å². The minimum absolute atomic E-state index is 0.0388. The Morgan fingerprint density at radius 3 is 1.85 bits per heavy atom. The van der Waals surface area contributed by atoms with Gasteiger partial charge >= 0.3 is 11.5 Å². The van der Waals surface area contributed by atoms with Gasteiger partial charge in [0.05, 0.1) is 34.4 Å². The van der Waals surface area contributed by atoms with Crippen molar-refractivity contribution < 1.29 is 19.1 Å². The zero-order chi connectivity index (χ0) is 33.4. The molecule has 234 valence electrons. The number of benzene rings is 4. The topological polar surface area (TPSA) is 57.8 Å². The summed E-state index contributed by atoms with van der Waals surface area (Å²) in [5.41, 5.74) is 7.92. The molecular weight excluding hydrogens is 822 g/mol. The van der Waals surface area contributed by atoms with Crippen molar-refractivity contribution in [1.29, 1.82) is 0 Å². The molecule has 4 aromatic carbocycles. The van der Waals surface area contributed by atoms with Crippen LogP contribution in [0.25, 0.3) is 40.2 Å². The number of hydrogen-bond acceptors (Lipinski definition) is 3. The molecule has 1 aliphatic heterocycles. The van der Waals surface area contributed by atoms with Crippen molar-refractivity contribution in [3.8, 4) is 22.6 Å². The number of carbonyl (C=O) groups excluding carboxylic acids is 1. The maximum Gasteiger partial charge on any atom is 0.361 e. The summed E-state index contributed by atoms with van der Waals surface area (Å²) < 4.78 is 15.0. The molecule has 0 amide bonds. The molecule has 0 fully saturated rings. The lowest BCUT2D eigenvalue weighted by atomic mass is 9.85. The second kappa shape index (κ2) is 13.5. The normalized spacial score (nSPS) is 16.0. The average Bonchev–Trinajstić information content (AvgIpc) is 3.10. The highest BCUT2D eigenvalue weighted by atomic mass is 127. The number of ketones is 1. The molecule has 48 heavy (non-hydrogen) atoms. The third kappa shape index (κ3) is 6.59. The van der Waals surface area contributed by atoms with Crippen LogP contribution in [0.2, 0.25) is 0 Å². The zero-order valence-electron chi connectivity index (χ0n) is 26.1. The second-order valence-corrected chi connectivity index (χ2v) is 14.2. The van der Waals surface area contributed by atoms with Crippen molar-refractivity contribution in [3.05, 3.63) is 185 Å². The Bertz CT molecular complexity index is 2250. The van der Waals surface area contributed by atoms with Gasteiger partial charge < -0.3 is 9.84 Å². The first-order chi connectivity index (χ1) is 23.2. The number of allylic oxidation sites excluding steroid dienone is 6. The number of halogens is 2. The van der Waals surface area contributed by atoms with Gasteiger partial charge in [0.2, 0.25) is 5.78 Å². The molecule has 0 saturated carbocycles. The van der Waals surface area contributed by atoms with Gasteiger partial charge in [-0.05, 0) is 148 Å². The summed E-state index contributed by atoms with van der Waals surface area (Å²) >= 11 is 4.56. The average molecular weight is 851 g/mol. The van der Waals surface area contributed by atoms with E-state index in [0.29, 0.717) is 23.0 Å². The van der Waals surface area contributed by atoms with E-state index in [1.54, 1.807) is 12.2 Å². The van der Waals surface area contributed by atoms with Gasteiger partial charge in [0, 0.05) is 18.3 Å². The largest absolute Gasteiger partial charge is 0.506 e. The monoisotopic (exact) mass is 851 g/mol. The van der Waals surface area contributed by atoms with Crippen LogP contribution in [0.3, 0.4) is 0 Å². The number of ether oxygens (including phenoxy) is 1. The zero-order valence-corrected chi connectivity index (χ0v) is 30.4. The van der Waals surface area contributed by atoms with E-state index in [4.69, 9.17) is 9.15 Å². The van der Waals surface area contributed by atoms with Crippen molar-refractivity contribution in [2.75, 3.05) is 0 Å². The standard InChI is InChI=1S/C42H28I2O4/c1-25-7-3-5-9-33(25)39-23-27(21-37(47-39)29-11-15-31(43)16-12-29)19-35-41(45)36(42(35)46)20-28-22-38(30-13-17-32(44)18-14-30)48-40(24-28)34-10-6-4-8-26(34)2/h3-24H,1-2H3/p+1. The van der Waals surface area contributed by atoms with Gasteiger partial charge in [-0.15, -0.1) is 0 Å². The summed E-state index contributed by atoms with van der Waals surface area (Å²) in [5, 5.41) is 11.3. The number of Topliss-reactive ketones (excluding diaryl/α,β-unsaturated/α-hetero) is 1. The SMILES string of the molecule is Cc1ccccc1C1=CC(=CC2=C(O)C(=Cc3cc(-c4ccc(I)cc4)[o+]c(-c4ccccc4C)c3)C2=O)C=C(c2ccc(I)cc2)O1. The molecule has 7 rings (SSSR count). The Morgan fingerprint density at radius 1 is 0.667 bits per heavy atom. The van der Waals surface area contributed by atoms with E-state index in [-0.39, 0.29) is 22.7 Å². The molecule has 1 aromatic heterocycles. The van der Waals surface area contributed by atoms with E-state index < -0.39 is 0 Å². The van der Waals surface area contributed by atoms with Crippen LogP contribution in [0.15, 0.2) is 154 Å². The Labute approximate surface area is 306 Å². The maximum absolute atomic E-state index is 13.6. The van der Waals surface area contributed by atoms with Gasteiger partial charge in [0.15, 0.2) is 0 Å². The van der Waals surface area contributed by atoms with Crippen molar-refractivity contribution >= 4 is 68.6 Å². The molecule has 0 atom stereocenters. The van der Waals surface area contributed by atoms with Gasteiger partial charge in [-0.25, -0.2) is 4.42 Å². The molecule has 2 heterocycles. The Morgan fingerprint density at radius 2 is 1.23 bits per heavy atom. The molecule has 0 bridgehead atoms. The predicted octanol–water partition coefficient (Wildman–Crippen LogP) is 11.5. The summed E-state index contributed by atoms with van der Waals surface area (Å²) in [6.45, 7) is 4.08. The smallest absolute Gasteiger partial charge is 0.361 e. The lowest BCUT2D eigenvalue weighted by molar-refractivity contribution is -0.113. The van der Waals surface area contributed by atoms with Gasteiger partial charge in [-0.3, -0.25) is 4.79 Å². The Hall–Kier alpha value is -4.54. The fraction of sp³-hybridized carbons (Fsp3) is 0.0476. The van der Waals surface area contributed by atoms with E-state index in [1.807, 2.05) is 135 Å². The summed E-state index contributed by atoms with van der Waals surface area (Å²) in [7, 11) is 0. The minimum Gasteiger partial charge on any atom is -0.506 e. The predicted molar refractivity (Wildman–Crippen MR) is 210 cm³/mol. The van der Waals surface area contributed by atoms with Crippen LogP contribution in [0, 0.1) is 21.0 Å². The highest BCUT2D eigenvalue weighted by Gasteiger charge is 2.33. The van der Waals surface area contributed by atoms with Crippen LogP contribution >= 0.6 is 45.2 Å². The molecule has 5 aromatic rings. The van der Waals surface area contributed by atoms with Gasteiger partial charge in [0.25, 0.3) is 0 Å². The fourth-order valence-electron chi connectivity index (χ4n) is 5.73. The number of aryl methyl sites for hydroxylation is 2. The van der Waals surface area contributed by atoms with Crippen LogP contribution in [0.4, 0.5) is 0 Å². The summed E-state index contributed by atoms with van der Waals surface area (Å²) in [4.78, 5) is 13.6. The minimum atomic E-state index is -0.226. The fourth-order valence-corrected chi connectivity index (χ4v) is 6.45. The second-order valence-electron chi connectivity index (χ2n) is 11.7. The van der Waals surface area contributed by atoms with Crippen LogP contribution in [-0.4, -0.2) is 10.9 Å². The third-order valence-corrected chi connectivity index (χ3v) is 9.77. The van der Waals surface area contributed by atoms with Gasteiger partial charge in [-0.2, -0.15) is 0 Å². The number of hydrogen-bond donors (Lipinski definition) is 1. The highest BCUT2D eigenvalue weighted by molar-refractivity contribution is 14.1. The first-order valence-electron chi connectivity index (χ1n) is 15.4. The molecule has 2 aliphatic rings. The molecule has 0 unspecified atom stereocenters. The van der Waals surface area contributed by atoms with Crippen LogP contribution < -0.4 is 0 Å². The van der Waals surface area contributed by atoms with E-state index in [2.05, 4.69) is 45.2 Å². The van der Waals surface area contributed by atoms with E-state index in [9.17, 15) is 9.90 Å². The van der Waals surface area contributed by atoms with Crippen LogP contribution in [0.5, 0.6) is 0 Å². The van der Waals surface area contributed by atoms with Crippen molar-refractivity contribution in [1.82, 2.24) is 0 Å². The number of carbonyl (C=O) groups is 1. The lowest BCUT2D eigenvalue weighted by Gasteiger charge is -2.22. The van der Waals surface area contributed by atoms with Crippen molar-refractivity contribution in [2.45, 2.75) is 13.8 Å². The summed E-state index contributed by atoms with van der Waals surface area (Å²) in [6, 6.07) is 36.0. The van der Waals surface area contributed by atoms with Crippen LogP contribution in [-0.2, 0) is 9.53 Å². The molecular formula is C42H29I2O4+. The quantitative estimate of drug-likeness (QED) is 0.105. The first kappa shape index (κ1) is 32.0. The molecule has 1 aliphatic carbocycles. The van der Waals surface area contributed by atoms with Gasteiger partial charge in [0.1, 0.15) is 17.3 Å². The highest BCUT2D eigenvalue weighted by Crippen LogP contribution is 2.38. The number of rotatable bonds is 6. The summed E-state index contributed by atoms with van der Waals surface area (Å²) in [5.74, 6) is 2.43. The molecule has 0 saturated heterocycles. The van der Waals surface area contributed by atoms with E-state index in [1.165, 1.54) is 0 Å². The van der Waals surface area contributed by atoms with Crippen LogP contribution in [0.1, 0.15) is 27.8 Å². The van der Waals surface area contributed by atoms with E-state index >= 15 is 0 Å². The van der Waals surface area contributed by atoms with Crippen molar-refractivity contribution in [3.63, 3.8) is 0 Å². The molecule has 0 spiro atoms. The molecule has 4 nitrogen and oxygen atoms in total. The third-order valence-electron chi connectivity index (χ3n) is 8.33. The first-order valence-corrected chi connectivity index (χ1v) is 17.5. The maximum atomic E-state index is 13.6.